The van der Waals surface area contributed by atoms with Crippen molar-refractivity contribution >= 4 is 21.5 Å². The van der Waals surface area contributed by atoms with Crippen molar-refractivity contribution in [3.63, 3.8) is 0 Å². The average Bonchev–Trinajstić information content (AvgIpc) is 2.86. The number of hydrogen-bond donors (Lipinski definition) is 1. The Hall–Kier alpha value is -1.74. The molecule has 2 rings (SSSR count). The first-order valence-electron chi connectivity index (χ1n) is 6.35. The molecule has 0 bridgehead atoms. The lowest BCUT2D eigenvalue weighted by atomic mass is 10.4. The van der Waals surface area contributed by atoms with Gasteiger partial charge in [-0.25, -0.2) is 17.7 Å². The van der Waals surface area contributed by atoms with Crippen molar-refractivity contribution in [2.75, 3.05) is 31.2 Å². The van der Waals surface area contributed by atoms with Crippen molar-refractivity contribution < 1.29 is 8.42 Å². The minimum Gasteiger partial charge on any atom is -0.367 e. The number of nitrogens with one attached hydrogen (secondary N) is 1. The second kappa shape index (κ2) is 6.14. The molecule has 2 aromatic rings. The number of hydrogen-bond acceptors (Lipinski definition) is 6. The Labute approximate surface area is 117 Å². The highest BCUT2D eigenvalue weighted by Gasteiger charge is 2.13. The van der Waals surface area contributed by atoms with E-state index in [4.69, 9.17) is 0 Å². The summed E-state index contributed by atoms with van der Waals surface area (Å²) in [7, 11) is -3.12. The first-order valence-corrected chi connectivity index (χ1v) is 8.20. The van der Waals surface area contributed by atoms with Gasteiger partial charge in [-0.15, -0.1) is 10.2 Å². The van der Waals surface area contributed by atoms with Gasteiger partial charge >= 0.3 is 0 Å². The van der Waals surface area contributed by atoms with Crippen LogP contribution in [0.15, 0.2) is 18.7 Å². The highest BCUT2D eigenvalue weighted by Crippen LogP contribution is 2.09. The molecule has 0 aliphatic rings. The van der Waals surface area contributed by atoms with Gasteiger partial charge in [-0.1, -0.05) is 6.92 Å². The van der Waals surface area contributed by atoms with Crippen molar-refractivity contribution in [2.45, 2.75) is 13.3 Å². The Kier molecular flexibility index (Phi) is 4.50. The molecule has 0 saturated heterocycles. The summed E-state index contributed by atoms with van der Waals surface area (Å²) in [6, 6.07) is 0. The number of fused-ring (bicyclic) bond motifs is 1. The van der Waals surface area contributed by atoms with Crippen molar-refractivity contribution in [1.29, 1.82) is 0 Å². The van der Waals surface area contributed by atoms with E-state index in [1.54, 1.807) is 23.1 Å². The van der Waals surface area contributed by atoms with Crippen LogP contribution in [-0.4, -0.2) is 58.2 Å². The quantitative estimate of drug-likeness (QED) is 0.735. The lowest BCUT2D eigenvalue weighted by Crippen LogP contribution is -2.31. The van der Waals surface area contributed by atoms with Gasteiger partial charge in [-0.3, -0.25) is 4.40 Å². The molecular formula is C11H18N6O2S. The third-order valence-electron chi connectivity index (χ3n) is 2.91. The molecule has 0 amide bonds. The molecule has 2 aromatic heterocycles. The Morgan fingerprint density at radius 3 is 2.95 bits per heavy atom. The van der Waals surface area contributed by atoms with E-state index < -0.39 is 10.0 Å². The van der Waals surface area contributed by atoms with Crippen LogP contribution in [0.3, 0.4) is 0 Å². The largest absolute Gasteiger partial charge is 0.367 e. The van der Waals surface area contributed by atoms with Gasteiger partial charge in [0.25, 0.3) is 0 Å². The van der Waals surface area contributed by atoms with Gasteiger partial charge in [0, 0.05) is 32.0 Å². The van der Waals surface area contributed by atoms with E-state index in [0.29, 0.717) is 37.5 Å². The molecule has 20 heavy (non-hydrogen) atoms. The zero-order valence-corrected chi connectivity index (χ0v) is 12.3. The molecule has 0 saturated carbocycles. The van der Waals surface area contributed by atoms with E-state index in [1.165, 1.54) is 10.6 Å². The van der Waals surface area contributed by atoms with E-state index in [0.717, 1.165) is 0 Å². The van der Waals surface area contributed by atoms with Crippen molar-refractivity contribution in [3.05, 3.63) is 18.7 Å². The molecular weight excluding hydrogens is 280 g/mol. The van der Waals surface area contributed by atoms with Gasteiger partial charge in [-0.05, 0) is 6.42 Å². The van der Waals surface area contributed by atoms with Crippen LogP contribution in [0, 0.1) is 0 Å². The highest BCUT2D eigenvalue weighted by molar-refractivity contribution is 7.88. The normalized spacial score (nSPS) is 12.2. The maximum Gasteiger partial charge on any atom is 0.211 e. The van der Waals surface area contributed by atoms with E-state index in [9.17, 15) is 8.42 Å². The maximum atomic E-state index is 11.4. The van der Waals surface area contributed by atoms with Crippen LogP contribution < -0.4 is 5.32 Å². The smallest absolute Gasteiger partial charge is 0.211 e. The number of sulfonamides is 1. The topological polar surface area (TPSA) is 92.5 Å². The molecule has 0 aromatic carbocycles. The molecule has 8 nitrogen and oxygen atoms in total. The van der Waals surface area contributed by atoms with Crippen molar-refractivity contribution in [3.8, 4) is 0 Å². The maximum absolute atomic E-state index is 11.4. The van der Waals surface area contributed by atoms with E-state index in [-0.39, 0.29) is 0 Å². The third-order valence-corrected chi connectivity index (χ3v) is 4.29. The summed E-state index contributed by atoms with van der Waals surface area (Å²) in [5.74, 6) is 0.646. The summed E-state index contributed by atoms with van der Waals surface area (Å²) in [6.07, 6.45) is 6.95. The lowest BCUT2D eigenvalue weighted by Gasteiger charge is -2.17. The van der Waals surface area contributed by atoms with Crippen LogP contribution in [0.1, 0.15) is 13.3 Å². The van der Waals surface area contributed by atoms with Crippen LogP contribution in [0.2, 0.25) is 0 Å². The molecule has 0 radical (unpaired) electrons. The molecule has 2 heterocycles. The minimum atomic E-state index is -3.12. The molecule has 0 fully saturated rings. The SMILES string of the molecule is CCN(CCCNc1nccn2cnnc12)S(C)(=O)=O. The fraction of sp³-hybridized carbons (Fsp3) is 0.545. The molecule has 0 unspecified atom stereocenters. The summed E-state index contributed by atoms with van der Waals surface area (Å²) in [5, 5.41) is 10.9. The van der Waals surface area contributed by atoms with Crippen LogP contribution in [0.5, 0.6) is 0 Å². The molecule has 0 spiro atoms. The number of rotatable bonds is 7. The zero-order chi connectivity index (χ0) is 14.6. The predicted molar refractivity (Wildman–Crippen MR) is 76.0 cm³/mol. The standard InChI is InChI=1S/C11H18N6O2S/c1-3-17(20(2,18)19)7-4-5-12-10-11-15-14-9-16(11)8-6-13-10/h6,8-9H,3-5,7H2,1-2H3,(H,12,13). The summed E-state index contributed by atoms with van der Waals surface area (Å²) in [5.41, 5.74) is 0.656. The molecule has 1 N–H and O–H groups in total. The van der Waals surface area contributed by atoms with Gasteiger partial charge < -0.3 is 5.32 Å². The van der Waals surface area contributed by atoms with E-state index in [1.807, 2.05) is 6.92 Å². The first kappa shape index (κ1) is 14.7. The van der Waals surface area contributed by atoms with Crippen LogP contribution in [0.25, 0.3) is 5.65 Å². The Bertz CT molecular complexity index is 668. The summed E-state index contributed by atoms with van der Waals surface area (Å²) in [6.45, 7) is 3.41. The third kappa shape index (κ3) is 3.42. The minimum absolute atomic E-state index is 0.483. The lowest BCUT2D eigenvalue weighted by molar-refractivity contribution is 0.428. The molecule has 9 heteroatoms. The fourth-order valence-corrected chi connectivity index (χ4v) is 2.83. The highest BCUT2D eigenvalue weighted by atomic mass is 32.2. The molecule has 0 aliphatic carbocycles. The van der Waals surface area contributed by atoms with Gasteiger partial charge in [0.2, 0.25) is 15.7 Å². The van der Waals surface area contributed by atoms with E-state index >= 15 is 0 Å². The van der Waals surface area contributed by atoms with Crippen LogP contribution in [-0.2, 0) is 10.0 Å². The second-order valence-corrected chi connectivity index (χ2v) is 6.36. The predicted octanol–water partition coefficient (Wildman–Crippen LogP) is 0.208. The van der Waals surface area contributed by atoms with Gasteiger partial charge in [0.05, 0.1) is 6.26 Å². The summed E-state index contributed by atoms with van der Waals surface area (Å²) < 4.78 is 26.1. The Morgan fingerprint density at radius 1 is 1.45 bits per heavy atom. The Morgan fingerprint density at radius 2 is 2.25 bits per heavy atom. The molecule has 0 atom stereocenters. The average molecular weight is 298 g/mol. The summed E-state index contributed by atoms with van der Waals surface area (Å²) in [4.78, 5) is 4.20. The number of anilines is 1. The number of nitrogens with zero attached hydrogens (tertiary/aromatic N) is 5. The van der Waals surface area contributed by atoms with Crippen LogP contribution >= 0.6 is 0 Å². The molecule has 0 aliphatic heterocycles. The van der Waals surface area contributed by atoms with Crippen molar-refractivity contribution in [2.24, 2.45) is 0 Å². The fourth-order valence-electron chi connectivity index (χ4n) is 1.90. The second-order valence-electron chi connectivity index (χ2n) is 4.37. The van der Waals surface area contributed by atoms with E-state index in [2.05, 4.69) is 20.5 Å². The monoisotopic (exact) mass is 298 g/mol. The first-order chi connectivity index (χ1) is 9.52. The van der Waals surface area contributed by atoms with Crippen LogP contribution in [0.4, 0.5) is 5.82 Å². The zero-order valence-electron chi connectivity index (χ0n) is 11.5. The van der Waals surface area contributed by atoms with Gasteiger partial charge in [-0.2, -0.15) is 0 Å². The summed E-state index contributed by atoms with van der Waals surface area (Å²) >= 11 is 0. The molecule has 110 valence electrons. The van der Waals surface area contributed by atoms with Crippen molar-refractivity contribution in [1.82, 2.24) is 23.9 Å². The van der Waals surface area contributed by atoms with Gasteiger partial charge in [0.15, 0.2) is 5.82 Å². The van der Waals surface area contributed by atoms with Gasteiger partial charge in [0.1, 0.15) is 6.33 Å². The number of aromatic nitrogens is 4. The Balaban J connectivity index is 1.89.